The Morgan fingerprint density at radius 1 is 1.03 bits per heavy atom. The van der Waals surface area contributed by atoms with E-state index in [1.165, 1.54) is 33.3 Å². The number of methoxy groups -OCH3 is 2. The van der Waals surface area contributed by atoms with Crippen LogP contribution in [0.3, 0.4) is 0 Å². The van der Waals surface area contributed by atoms with Gasteiger partial charge in [-0.2, -0.15) is 0 Å². The Morgan fingerprint density at radius 3 is 2.30 bits per heavy atom. The van der Waals surface area contributed by atoms with Gasteiger partial charge in [-0.05, 0) is 44.5 Å². The molecule has 0 aliphatic carbocycles. The lowest BCUT2D eigenvalue weighted by Gasteiger charge is -2.17. The molecule has 0 bridgehead atoms. The smallest absolute Gasteiger partial charge is 0.339 e. The van der Waals surface area contributed by atoms with Crippen molar-refractivity contribution in [2.75, 3.05) is 26.1 Å². The molecule has 0 spiro atoms. The fourth-order valence-corrected chi connectivity index (χ4v) is 2.99. The van der Waals surface area contributed by atoms with Gasteiger partial charge in [-0.15, -0.1) is 0 Å². The minimum absolute atomic E-state index is 0.125. The lowest BCUT2D eigenvalue weighted by molar-refractivity contribution is -0.123. The maximum atomic E-state index is 12.5. The zero-order chi connectivity index (χ0) is 22.4. The number of anilines is 1. The molecule has 1 unspecified atom stereocenters. The second kappa shape index (κ2) is 10.4. The molecule has 0 fully saturated rings. The number of aryl methyl sites for hydroxylation is 1. The summed E-state index contributed by atoms with van der Waals surface area (Å²) in [7, 11) is 2.89. The molecule has 7 nitrogen and oxygen atoms in total. The number of halogens is 2. The van der Waals surface area contributed by atoms with E-state index in [1.54, 1.807) is 26.0 Å². The van der Waals surface area contributed by atoms with Gasteiger partial charge >= 0.3 is 5.97 Å². The Kier molecular flexibility index (Phi) is 8.20. The summed E-state index contributed by atoms with van der Waals surface area (Å²) in [6.07, 6.45) is -1.09. The average molecular weight is 456 g/mol. The van der Waals surface area contributed by atoms with Gasteiger partial charge in [0.1, 0.15) is 5.75 Å². The van der Waals surface area contributed by atoms with Crippen LogP contribution in [0.5, 0.6) is 17.2 Å². The molecule has 0 aliphatic heterocycles. The van der Waals surface area contributed by atoms with Gasteiger partial charge in [0.25, 0.3) is 5.91 Å². The highest BCUT2D eigenvalue weighted by atomic mass is 35.5. The van der Waals surface area contributed by atoms with Gasteiger partial charge in [-0.3, -0.25) is 4.79 Å². The summed E-state index contributed by atoms with van der Waals surface area (Å²) in [5.74, 6) is -0.267. The summed E-state index contributed by atoms with van der Waals surface area (Å²) >= 11 is 12.3. The second-order valence-electron chi connectivity index (χ2n) is 6.26. The molecule has 0 heterocycles. The summed E-state index contributed by atoms with van der Waals surface area (Å²) < 4.78 is 21.2. The van der Waals surface area contributed by atoms with Crippen LogP contribution >= 0.6 is 23.2 Å². The molecule has 1 N–H and O–H groups in total. The van der Waals surface area contributed by atoms with Crippen LogP contribution in [0.1, 0.15) is 29.8 Å². The molecule has 1 amide bonds. The number of carbonyl (C=O) groups is 2. The van der Waals surface area contributed by atoms with E-state index in [9.17, 15) is 9.59 Å². The zero-order valence-corrected chi connectivity index (χ0v) is 18.8. The first-order chi connectivity index (χ1) is 14.2. The summed E-state index contributed by atoms with van der Waals surface area (Å²) in [6, 6.07) is 6.10. The van der Waals surface area contributed by atoms with Crippen molar-refractivity contribution in [3.05, 3.63) is 45.4 Å². The molecule has 30 heavy (non-hydrogen) atoms. The highest BCUT2D eigenvalue weighted by molar-refractivity contribution is 6.32. The van der Waals surface area contributed by atoms with E-state index in [2.05, 4.69) is 5.32 Å². The van der Waals surface area contributed by atoms with Crippen LogP contribution in [-0.4, -0.2) is 38.8 Å². The number of hydrogen-bond acceptors (Lipinski definition) is 6. The molecule has 2 rings (SSSR count). The number of nitrogens with one attached hydrogen (secondary N) is 1. The minimum Gasteiger partial charge on any atom is -0.495 e. The van der Waals surface area contributed by atoms with E-state index in [0.717, 1.165) is 5.56 Å². The normalized spacial score (nSPS) is 11.4. The second-order valence-corrected chi connectivity index (χ2v) is 7.08. The summed E-state index contributed by atoms with van der Waals surface area (Å²) in [4.78, 5) is 25.0. The number of rotatable bonds is 8. The van der Waals surface area contributed by atoms with Crippen molar-refractivity contribution < 1.29 is 28.5 Å². The van der Waals surface area contributed by atoms with Gasteiger partial charge in [0, 0.05) is 11.1 Å². The Bertz CT molecular complexity index is 948. The third-order valence-corrected chi connectivity index (χ3v) is 4.83. The highest BCUT2D eigenvalue weighted by Crippen LogP contribution is 2.36. The summed E-state index contributed by atoms with van der Waals surface area (Å²) in [6.45, 7) is 5.43. The van der Waals surface area contributed by atoms with Crippen molar-refractivity contribution in [2.24, 2.45) is 0 Å². The largest absolute Gasteiger partial charge is 0.495 e. The molecule has 1 atom stereocenters. The molecule has 0 aromatic heterocycles. The molecular weight excluding hydrogens is 433 g/mol. The number of ether oxygens (including phenoxy) is 4. The lowest BCUT2D eigenvalue weighted by atomic mass is 10.2. The molecule has 9 heteroatoms. The van der Waals surface area contributed by atoms with E-state index in [4.69, 9.17) is 42.1 Å². The van der Waals surface area contributed by atoms with E-state index < -0.39 is 18.0 Å². The SMILES string of the molecule is CCOc1c(Cl)cc(C(=O)OC(C)C(=O)Nc2cc(C)c(Cl)cc2OC)cc1OC. The molecule has 0 saturated carbocycles. The van der Waals surface area contributed by atoms with E-state index in [0.29, 0.717) is 28.8 Å². The van der Waals surface area contributed by atoms with Crippen LogP contribution in [-0.2, 0) is 9.53 Å². The maximum absolute atomic E-state index is 12.5. The monoisotopic (exact) mass is 455 g/mol. The van der Waals surface area contributed by atoms with Crippen molar-refractivity contribution in [2.45, 2.75) is 26.9 Å². The molecular formula is C21H23Cl2NO6. The third-order valence-electron chi connectivity index (χ3n) is 4.15. The summed E-state index contributed by atoms with van der Waals surface area (Å²) in [5, 5.41) is 3.38. The third kappa shape index (κ3) is 5.49. The number of carbonyl (C=O) groups excluding carboxylic acids is 2. The predicted octanol–water partition coefficient (Wildman–Crippen LogP) is 4.90. The van der Waals surface area contributed by atoms with Gasteiger partial charge in [-0.25, -0.2) is 4.79 Å². The first kappa shape index (κ1) is 23.6. The Balaban J connectivity index is 2.15. The number of hydrogen-bond donors (Lipinski definition) is 1. The predicted molar refractivity (Wildman–Crippen MR) is 115 cm³/mol. The van der Waals surface area contributed by atoms with E-state index in [-0.39, 0.29) is 16.3 Å². The standard InChI is InChI=1S/C21H23Cl2NO6/c1-6-29-19-15(23)8-13(9-18(19)28-5)21(26)30-12(3)20(25)24-16-7-11(2)14(22)10-17(16)27-4/h7-10,12H,6H2,1-5H3,(H,24,25). The van der Waals surface area contributed by atoms with E-state index in [1.807, 2.05) is 0 Å². The quantitative estimate of drug-likeness (QED) is 0.569. The topological polar surface area (TPSA) is 83.1 Å². The highest BCUT2D eigenvalue weighted by Gasteiger charge is 2.23. The van der Waals surface area contributed by atoms with Crippen molar-refractivity contribution in [3.63, 3.8) is 0 Å². The lowest BCUT2D eigenvalue weighted by Crippen LogP contribution is -2.30. The van der Waals surface area contributed by atoms with Gasteiger partial charge in [0.15, 0.2) is 17.6 Å². The van der Waals surface area contributed by atoms with Crippen LogP contribution in [0.2, 0.25) is 10.0 Å². The number of esters is 1. The van der Waals surface area contributed by atoms with Crippen LogP contribution in [0.4, 0.5) is 5.69 Å². The molecule has 162 valence electrons. The van der Waals surface area contributed by atoms with Gasteiger partial charge in [0.2, 0.25) is 0 Å². The van der Waals surface area contributed by atoms with Crippen molar-refractivity contribution in [3.8, 4) is 17.2 Å². The molecule has 0 saturated heterocycles. The first-order valence-corrected chi connectivity index (χ1v) is 9.83. The first-order valence-electron chi connectivity index (χ1n) is 9.08. The molecule has 0 aliphatic rings. The Morgan fingerprint density at radius 2 is 1.70 bits per heavy atom. The Labute approximate surface area is 185 Å². The fraction of sp³-hybridized carbons (Fsp3) is 0.333. The average Bonchev–Trinajstić information content (AvgIpc) is 2.71. The number of benzene rings is 2. The van der Waals surface area contributed by atoms with Crippen molar-refractivity contribution in [1.29, 1.82) is 0 Å². The summed E-state index contributed by atoms with van der Waals surface area (Å²) in [5.41, 5.74) is 1.30. The maximum Gasteiger partial charge on any atom is 0.339 e. The van der Waals surface area contributed by atoms with Crippen molar-refractivity contribution in [1.82, 2.24) is 0 Å². The zero-order valence-electron chi connectivity index (χ0n) is 17.3. The molecule has 2 aromatic rings. The van der Waals surface area contributed by atoms with E-state index >= 15 is 0 Å². The molecule has 0 radical (unpaired) electrons. The van der Waals surface area contributed by atoms with Crippen LogP contribution < -0.4 is 19.5 Å². The fourth-order valence-electron chi connectivity index (χ4n) is 2.57. The van der Waals surface area contributed by atoms with Gasteiger partial charge < -0.3 is 24.3 Å². The Hall–Kier alpha value is -2.64. The minimum atomic E-state index is -1.09. The number of amides is 1. The van der Waals surface area contributed by atoms with Gasteiger partial charge in [-0.1, -0.05) is 23.2 Å². The molecule has 2 aromatic carbocycles. The van der Waals surface area contributed by atoms with Crippen LogP contribution in [0.15, 0.2) is 24.3 Å². The van der Waals surface area contributed by atoms with Crippen molar-refractivity contribution >= 4 is 40.8 Å². The van der Waals surface area contributed by atoms with Crippen LogP contribution in [0, 0.1) is 6.92 Å². The van der Waals surface area contributed by atoms with Crippen LogP contribution in [0.25, 0.3) is 0 Å². The van der Waals surface area contributed by atoms with Gasteiger partial charge in [0.05, 0.1) is 37.1 Å².